The van der Waals surface area contributed by atoms with Crippen molar-refractivity contribution in [2.45, 2.75) is 51.5 Å². The number of piperidine rings is 1. The molecule has 1 saturated heterocycles. The molecule has 25 heavy (non-hydrogen) atoms. The van der Waals surface area contributed by atoms with Crippen molar-refractivity contribution in [2.75, 3.05) is 13.1 Å². The normalized spacial score (nSPS) is 32.6. The SMILES string of the molecule is C[C@H](NC(=O)[C@@H]1CCCN(C(=O)c2ccoc2)C1)[C@@H]1C[C@H]2CC[C@H]1C2. The molecule has 0 unspecified atom stereocenters. The summed E-state index contributed by atoms with van der Waals surface area (Å²) < 4.78 is 5.01. The molecule has 1 aliphatic heterocycles. The number of rotatable bonds is 4. The fourth-order valence-corrected chi connectivity index (χ4v) is 5.30. The summed E-state index contributed by atoms with van der Waals surface area (Å²) >= 11 is 0. The zero-order chi connectivity index (χ0) is 17.4. The number of nitrogens with one attached hydrogen (secondary N) is 1. The van der Waals surface area contributed by atoms with Crippen LogP contribution < -0.4 is 5.32 Å². The Bertz CT molecular complexity index is 627. The van der Waals surface area contributed by atoms with Gasteiger partial charge in [-0.05, 0) is 62.8 Å². The van der Waals surface area contributed by atoms with Crippen LogP contribution in [0.15, 0.2) is 23.0 Å². The van der Waals surface area contributed by atoms with E-state index in [1.807, 2.05) is 0 Å². The summed E-state index contributed by atoms with van der Waals surface area (Å²) in [7, 11) is 0. The summed E-state index contributed by atoms with van der Waals surface area (Å²) in [5, 5.41) is 3.28. The monoisotopic (exact) mass is 344 g/mol. The van der Waals surface area contributed by atoms with Crippen LogP contribution in [-0.4, -0.2) is 35.8 Å². The molecule has 136 valence electrons. The van der Waals surface area contributed by atoms with Gasteiger partial charge in [0.2, 0.25) is 5.91 Å². The number of fused-ring (bicyclic) bond motifs is 2. The molecule has 2 heterocycles. The van der Waals surface area contributed by atoms with Gasteiger partial charge in [-0.25, -0.2) is 0 Å². The fraction of sp³-hybridized carbons (Fsp3) is 0.700. The summed E-state index contributed by atoms with van der Waals surface area (Å²) in [5.41, 5.74) is 0.566. The van der Waals surface area contributed by atoms with Crippen molar-refractivity contribution in [2.24, 2.45) is 23.7 Å². The quantitative estimate of drug-likeness (QED) is 0.913. The highest BCUT2D eigenvalue weighted by atomic mass is 16.3. The zero-order valence-electron chi connectivity index (χ0n) is 14.9. The van der Waals surface area contributed by atoms with Crippen molar-refractivity contribution in [3.63, 3.8) is 0 Å². The van der Waals surface area contributed by atoms with E-state index in [0.29, 0.717) is 18.0 Å². The molecular weight excluding hydrogens is 316 g/mol. The van der Waals surface area contributed by atoms with Gasteiger partial charge in [-0.1, -0.05) is 6.42 Å². The van der Waals surface area contributed by atoms with Gasteiger partial charge in [0.05, 0.1) is 17.7 Å². The van der Waals surface area contributed by atoms with Crippen LogP contribution in [0.1, 0.15) is 55.8 Å². The van der Waals surface area contributed by atoms with Crippen LogP contribution in [0.25, 0.3) is 0 Å². The lowest BCUT2D eigenvalue weighted by Gasteiger charge is -2.34. The Hall–Kier alpha value is -1.78. The minimum Gasteiger partial charge on any atom is -0.472 e. The molecule has 0 aromatic carbocycles. The van der Waals surface area contributed by atoms with E-state index in [1.165, 1.54) is 38.2 Å². The number of nitrogens with zero attached hydrogens (tertiary/aromatic N) is 1. The first-order valence-electron chi connectivity index (χ1n) is 9.73. The van der Waals surface area contributed by atoms with Gasteiger partial charge in [-0.2, -0.15) is 0 Å². The van der Waals surface area contributed by atoms with Crippen LogP contribution in [0.4, 0.5) is 0 Å². The summed E-state index contributed by atoms with van der Waals surface area (Å²) in [6.45, 7) is 3.40. The number of likely N-dealkylation sites (tertiary alicyclic amines) is 1. The summed E-state index contributed by atoms with van der Waals surface area (Å²) in [6.07, 6.45) is 10.1. The molecule has 5 heteroatoms. The van der Waals surface area contributed by atoms with Gasteiger partial charge in [-0.3, -0.25) is 9.59 Å². The Labute approximate surface area is 149 Å². The van der Waals surface area contributed by atoms with Gasteiger partial charge in [-0.15, -0.1) is 0 Å². The van der Waals surface area contributed by atoms with Crippen LogP contribution in [0, 0.1) is 23.7 Å². The maximum atomic E-state index is 12.8. The van der Waals surface area contributed by atoms with Crippen molar-refractivity contribution in [1.82, 2.24) is 10.2 Å². The molecule has 5 nitrogen and oxygen atoms in total. The van der Waals surface area contributed by atoms with Crippen LogP contribution in [0.3, 0.4) is 0 Å². The molecule has 2 saturated carbocycles. The molecule has 1 N–H and O–H groups in total. The molecule has 2 amide bonds. The highest BCUT2D eigenvalue weighted by molar-refractivity contribution is 5.94. The number of amides is 2. The number of hydrogen-bond acceptors (Lipinski definition) is 3. The van der Waals surface area contributed by atoms with Crippen LogP contribution in [0.5, 0.6) is 0 Å². The average Bonchev–Trinajstić information content (AvgIpc) is 3.38. The Kier molecular flexibility index (Phi) is 4.57. The highest BCUT2D eigenvalue weighted by Crippen LogP contribution is 2.49. The van der Waals surface area contributed by atoms with Crippen LogP contribution >= 0.6 is 0 Å². The molecule has 0 spiro atoms. The first-order valence-corrected chi connectivity index (χ1v) is 9.73. The van der Waals surface area contributed by atoms with Crippen LogP contribution in [-0.2, 0) is 4.79 Å². The summed E-state index contributed by atoms with van der Waals surface area (Å²) in [6, 6.07) is 1.94. The van der Waals surface area contributed by atoms with E-state index in [0.717, 1.165) is 31.2 Å². The Morgan fingerprint density at radius 3 is 2.84 bits per heavy atom. The summed E-state index contributed by atoms with van der Waals surface area (Å²) in [5.74, 6) is 2.35. The molecule has 1 aromatic rings. The third-order valence-corrected chi connectivity index (χ3v) is 6.65. The predicted octanol–water partition coefficient (Wildman–Crippen LogP) is 3.07. The second-order valence-corrected chi connectivity index (χ2v) is 8.24. The van der Waals surface area contributed by atoms with Crippen molar-refractivity contribution in [3.05, 3.63) is 24.2 Å². The summed E-state index contributed by atoms with van der Waals surface area (Å²) in [4.78, 5) is 27.0. The standard InChI is InChI=1S/C20H28N2O3/c1-13(18-10-14-4-5-15(18)9-14)21-19(23)16-3-2-7-22(11-16)20(24)17-6-8-25-12-17/h6,8,12-16,18H,2-5,7,9-11H2,1H3,(H,21,23)/t13-,14-,15-,16+,18-/m0/s1. The molecule has 2 bridgehead atoms. The minimum absolute atomic E-state index is 0.0348. The molecule has 2 aliphatic carbocycles. The number of carbonyl (C=O) groups is 2. The highest BCUT2D eigenvalue weighted by Gasteiger charge is 2.42. The lowest BCUT2D eigenvalue weighted by Crippen LogP contribution is -2.48. The maximum absolute atomic E-state index is 12.8. The predicted molar refractivity (Wildman–Crippen MR) is 93.9 cm³/mol. The first kappa shape index (κ1) is 16.7. The van der Waals surface area contributed by atoms with Gasteiger partial charge in [0, 0.05) is 19.1 Å². The molecule has 3 aliphatic rings. The van der Waals surface area contributed by atoms with E-state index < -0.39 is 0 Å². The Morgan fingerprint density at radius 2 is 2.16 bits per heavy atom. The fourth-order valence-electron chi connectivity index (χ4n) is 5.30. The lowest BCUT2D eigenvalue weighted by atomic mass is 9.83. The third-order valence-electron chi connectivity index (χ3n) is 6.65. The lowest BCUT2D eigenvalue weighted by molar-refractivity contribution is -0.127. The molecule has 1 aromatic heterocycles. The zero-order valence-corrected chi connectivity index (χ0v) is 14.9. The van der Waals surface area contributed by atoms with Crippen molar-refractivity contribution in [3.8, 4) is 0 Å². The molecule has 5 atom stereocenters. The van der Waals surface area contributed by atoms with Crippen LogP contribution in [0.2, 0.25) is 0 Å². The van der Waals surface area contributed by atoms with E-state index in [2.05, 4.69) is 12.2 Å². The van der Waals surface area contributed by atoms with Gasteiger partial charge >= 0.3 is 0 Å². The average molecular weight is 344 g/mol. The second-order valence-electron chi connectivity index (χ2n) is 8.24. The second kappa shape index (κ2) is 6.85. The minimum atomic E-state index is -0.0920. The van der Waals surface area contributed by atoms with Gasteiger partial charge < -0.3 is 14.6 Å². The number of furan rings is 1. The molecule has 4 rings (SSSR count). The van der Waals surface area contributed by atoms with Crippen molar-refractivity contribution >= 4 is 11.8 Å². The van der Waals surface area contributed by atoms with Crippen molar-refractivity contribution < 1.29 is 14.0 Å². The van der Waals surface area contributed by atoms with E-state index in [4.69, 9.17) is 4.42 Å². The maximum Gasteiger partial charge on any atom is 0.257 e. The molecular formula is C20H28N2O3. The van der Waals surface area contributed by atoms with Crippen molar-refractivity contribution in [1.29, 1.82) is 0 Å². The van der Waals surface area contributed by atoms with Gasteiger partial charge in [0.25, 0.3) is 5.91 Å². The Balaban J connectivity index is 1.33. The smallest absolute Gasteiger partial charge is 0.257 e. The van der Waals surface area contributed by atoms with Gasteiger partial charge in [0.1, 0.15) is 6.26 Å². The van der Waals surface area contributed by atoms with Gasteiger partial charge in [0.15, 0.2) is 0 Å². The molecule has 0 radical (unpaired) electrons. The topological polar surface area (TPSA) is 62.6 Å². The van der Waals surface area contributed by atoms with E-state index >= 15 is 0 Å². The van der Waals surface area contributed by atoms with E-state index in [-0.39, 0.29) is 23.8 Å². The van der Waals surface area contributed by atoms with E-state index in [9.17, 15) is 9.59 Å². The third kappa shape index (κ3) is 3.33. The molecule has 3 fully saturated rings. The number of hydrogen-bond donors (Lipinski definition) is 1. The largest absolute Gasteiger partial charge is 0.472 e. The Morgan fingerprint density at radius 1 is 1.28 bits per heavy atom. The number of carbonyl (C=O) groups excluding carboxylic acids is 2. The first-order chi connectivity index (χ1) is 12.1. The van der Waals surface area contributed by atoms with E-state index in [1.54, 1.807) is 11.0 Å².